The fourth-order valence-corrected chi connectivity index (χ4v) is 1.74. The zero-order chi connectivity index (χ0) is 9.90. The van der Waals surface area contributed by atoms with Crippen LogP contribution >= 0.6 is 0 Å². The molecule has 76 valence electrons. The van der Waals surface area contributed by atoms with Gasteiger partial charge < -0.3 is 15.7 Å². The number of likely N-dealkylation sites (tertiary alicyclic amines) is 1. The second kappa shape index (κ2) is 4.07. The van der Waals surface area contributed by atoms with Crippen molar-refractivity contribution in [2.24, 2.45) is 11.1 Å². The van der Waals surface area contributed by atoms with Crippen LogP contribution in [0, 0.1) is 5.41 Å². The number of rotatable bonds is 4. The van der Waals surface area contributed by atoms with Crippen LogP contribution in [0.3, 0.4) is 0 Å². The Labute approximate surface area is 78.7 Å². The van der Waals surface area contributed by atoms with Crippen molar-refractivity contribution < 1.29 is 9.90 Å². The molecule has 0 bridgehead atoms. The summed E-state index contributed by atoms with van der Waals surface area (Å²) in [4.78, 5) is 13.1. The highest BCUT2D eigenvalue weighted by atomic mass is 16.4. The lowest BCUT2D eigenvalue weighted by molar-refractivity contribution is -0.147. The Balaban J connectivity index is 2.39. The fraction of sp³-hybridized carbons (Fsp3) is 0.889. The molecule has 1 saturated heterocycles. The second-order valence-corrected chi connectivity index (χ2v) is 4.03. The molecule has 0 aromatic rings. The van der Waals surface area contributed by atoms with Gasteiger partial charge in [-0.2, -0.15) is 0 Å². The topological polar surface area (TPSA) is 66.6 Å². The Kier molecular flexibility index (Phi) is 3.27. The number of nitrogens with two attached hydrogens (primary N) is 1. The minimum atomic E-state index is -0.678. The number of aliphatic carboxylic acids is 1. The van der Waals surface area contributed by atoms with Gasteiger partial charge in [0, 0.05) is 6.54 Å². The third kappa shape index (κ3) is 2.42. The smallest absolute Gasteiger partial charge is 0.310 e. The monoisotopic (exact) mass is 186 g/mol. The van der Waals surface area contributed by atoms with Crippen LogP contribution in [0.4, 0.5) is 0 Å². The Morgan fingerprint density at radius 1 is 1.69 bits per heavy atom. The standard InChI is InChI=1S/C9H18N2O2/c1-9(8(12)13)3-6-11(7-9)5-2-4-10/h2-7,10H2,1H3,(H,12,13). The van der Waals surface area contributed by atoms with Crippen molar-refractivity contribution in [2.45, 2.75) is 19.8 Å². The predicted molar refractivity (Wildman–Crippen MR) is 50.5 cm³/mol. The first kappa shape index (κ1) is 10.5. The SMILES string of the molecule is CC1(C(=O)O)CCN(CCCN)C1. The molecule has 13 heavy (non-hydrogen) atoms. The van der Waals surface area contributed by atoms with Gasteiger partial charge in [0.15, 0.2) is 0 Å². The summed E-state index contributed by atoms with van der Waals surface area (Å²) >= 11 is 0. The van der Waals surface area contributed by atoms with Crippen LogP contribution in [0.25, 0.3) is 0 Å². The molecule has 4 nitrogen and oxygen atoms in total. The van der Waals surface area contributed by atoms with Crippen LogP contribution < -0.4 is 5.73 Å². The first-order valence-corrected chi connectivity index (χ1v) is 4.74. The van der Waals surface area contributed by atoms with Gasteiger partial charge >= 0.3 is 5.97 Å². The normalized spacial score (nSPS) is 29.4. The third-order valence-electron chi connectivity index (χ3n) is 2.75. The summed E-state index contributed by atoms with van der Waals surface area (Å²) in [6.07, 6.45) is 1.71. The van der Waals surface area contributed by atoms with Crippen molar-refractivity contribution in [1.82, 2.24) is 4.90 Å². The molecule has 1 rings (SSSR count). The van der Waals surface area contributed by atoms with Gasteiger partial charge in [0.1, 0.15) is 0 Å². The highest BCUT2D eigenvalue weighted by molar-refractivity contribution is 5.74. The number of carbonyl (C=O) groups is 1. The fourth-order valence-electron chi connectivity index (χ4n) is 1.74. The molecule has 0 aromatic heterocycles. The molecule has 0 saturated carbocycles. The maximum atomic E-state index is 10.9. The van der Waals surface area contributed by atoms with Crippen LogP contribution in [0.1, 0.15) is 19.8 Å². The minimum absolute atomic E-state index is 0.533. The van der Waals surface area contributed by atoms with E-state index in [1.807, 2.05) is 6.92 Å². The summed E-state index contributed by atoms with van der Waals surface area (Å²) in [5.74, 6) is -0.678. The van der Waals surface area contributed by atoms with Crippen LogP contribution in [-0.4, -0.2) is 42.2 Å². The number of hydrogen-bond acceptors (Lipinski definition) is 3. The molecule has 0 radical (unpaired) electrons. The van der Waals surface area contributed by atoms with Gasteiger partial charge in [-0.25, -0.2) is 0 Å². The third-order valence-corrected chi connectivity index (χ3v) is 2.75. The number of carboxylic acids is 1. The average Bonchev–Trinajstić information content (AvgIpc) is 2.45. The van der Waals surface area contributed by atoms with Crippen molar-refractivity contribution in [3.63, 3.8) is 0 Å². The molecule has 1 fully saturated rings. The zero-order valence-corrected chi connectivity index (χ0v) is 8.12. The van der Waals surface area contributed by atoms with E-state index in [1.165, 1.54) is 0 Å². The Morgan fingerprint density at radius 3 is 2.85 bits per heavy atom. The van der Waals surface area contributed by atoms with Crippen LogP contribution in [0.2, 0.25) is 0 Å². The van der Waals surface area contributed by atoms with Gasteiger partial charge in [-0.3, -0.25) is 4.79 Å². The maximum absolute atomic E-state index is 10.9. The van der Waals surface area contributed by atoms with Crippen LogP contribution in [-0.2, 0) is 4.79 Å². The largest absolute Gasteiger partial charge is 0.481 e. The van der Waals surface area contributed by atoms with Crippen molar-refractivity contribution >= 4 is 5.97 Å². The number of nitrogens with zero attached hydrogens (tertiary/aromatic N) is 1. The van der Waals surface area contributed by atoms with Gasteiger partial charge in [0.25, 0.3) is 0 Å². The molecule has 1 unspecified atom stereocenters. The van der Waals surface area contributed by atoms with E-state index in [2.05, 4.69) is 4.90 Å². The molecular formula is C9H18N2O2. The lowest BCUT2D eigenvalue weighted by Gasteiger charge is -2.19. The Morgan fingerprint density at radius 2 is 2.38 bits per heavy atom. The molecule has 0 spiro atoms. The van der Waals surface area contributed by atoms with Gasteiger partial charge in [-0.15, -0.1) is 0 Å². The summed E-state index contributed by atoms with van der Waals surface area (Å²) in [5, 5.41) is 8.96. The molecular weight excluding hydrogens is 168 g/mol. The van der Waals surface area contributed by atoms with E-state index in [1.54, 1.807) is 0 Å². The maximum Gasteiger partial charge on any atom is 0.310 e. The lowest BCUT2D eigenvalue weighted by atomic mass is 9.90. The van der Waals surface area contributed by atoms with Crippen LogP contribution in [0.5, 0.6) is 0 Å². The quantitative estimate of drug-likeness (QED) is 0.655. The van der Waals surface area contributed by atoms with E-state index in [0.29, 0.717) is 13.1 Å². The van der Waals surface area contributed by atoms with E-state index < -0.39 is 11.4 Å². The molecule has 1 heterocycles. The highest BCUT2D eigenvalue weighted by Gasteiger charge is 2.39. The zero-order valence-electron chi connectivity index (χ0n) is 8.12. The van der Waals surface area contributed by atoms with E-state index in [-0.39, 0.29) is 0 Å². The molecule has 3 N–H and O–H groups in total. The van der Waals surface area contributed by atoms with Crippen LogP contribution in [0.15, 0.2) is 0 Å². The lowest BCUT2D eigenvalue weighted by Crippen LogP contribution is -2.32. The van der Waals surface area contributed by atoms with Crippen molar-refractivity contribution in [3.05, 3.63) is 0 Å². The van der Waals surface area contributed by atoms with Crippen molar-refractivity contribution in [2.75, 3.05) is 26.2 Å². The van der Waals surface area contributed by atoms with E-state index >= 15 is 0 Å². The summed E-state index contributed by atoms with van der Waals surface area (Å²) in [6.45, 7) is 4.99. The average molecular weight is 186 g/mol. The van der Waals surface area contributed by atoms with Crippen molar-refractivity contribution in [1.29, 1.82) is 0 Å². The second-order valence-electron chi connectivity index (χ2n) is 4.03. The van der Waals surface area contributed by atoms with E-state index in [4.69, 9.17) is 10.8 Å². The highest BCUT2D eigenvalue weighted by Crippen LogP contribution is 2.29. The van der Waals surface area contributed by atoms with Gasteiger partial charge in [-0.1, -0.05) is 0 Å². The summed E-state index contributed by atoms with van der Waals surface area (Å²) in [6, 6.07) is 0. The molecule has 4 heteroatoms. The van der Waals surface area contributed by atoms with Gasteiger partial charge in [0.2, 0.25) is 0 Å². The summed E-state index contributed by atoms with van der Waals surface area (Å²) < 4.78 is 0. The number of carboxylic acid groups (broad SMARTS) is 1. The van der Waals surface area contributed by atoms with E-state index in [0.717, 1.165) is 25.9 Å². The first-order valence-electron chi connectivity index (χ1n) is 4.74. The molecule has 1 aliphatic heterocycles. The Bertz CT molecular complexity index is 196. The Hall–Kier alpha value is -0.610. The summed E-state index contributed by atoms with van der Waals surface area (Å²) in [5.41, 5.74) is 4.86. The molecule has 1 atom stereocenters. The molecule has 0 aliphatic carbocycles. The summed E-state index contributed by atoms with van der Waals surface area (Å²) in [7, 11) is 0. The van der Waals surface area contributed by atoms with Gasteiger partial charge in [0.05, 0.1) is 5.41 Å². The molecule has 0 amide bonds. The molecule has 1 aliphatic rings. The molecule has 0 aromatic carbocycles. The van der Waals surface area contributed by atoms with Gasteiger partial charge in [-0.05, 0) is 39.4 Å². The number of hydrogen-bond donors (Lipinski definition) is 2. The van der Waals surface area contributed by atoms with Crippen molar-refractivity contribution in [3.8, 4) is 0 Å². The predicted octanol–water partition coefficient (Wildman–Crippen LogP) is 0.132. The minimum Gasteiger partial charge on any atom is -0.481 e. The van der Waals surface area contributed by atoms with E-state index in [9.17, 15) is 4.79 Å². The first-order chi connectivity index (χ1) is 6.08.